The number of hydrogen-bond donors (Lipinski definition) is 1. The van der Waals surface area contributed by atoms with E-state index in [1.807, 2.05) is 75.4 Å². The zero-order valence-corrected chi connectivity index (χ0v) is 27.3. The van der Waals surface area contributed by atoms with Gasteiger partial charge in [0.25, 0.3) is 5.79 Å². The Kier molecular flexibility index (Phi) is 9.64. The fraction of sp³-hybridized carbons (Fsp3) is 0.594. The maximum Gasteiger partial charge on any atom is 0.264 e. The van der Waals surface area contributed by atoms with Gasteiger partial charge in [-0.2, -0.15) is 5.26 Å². The van der Waals surface area contributed by atoms with Crippen molar-refractivity contribution >= 4 is 22.6 Å². The monoisotopic (exact) mass is 722 g/mol. The Morgan fingerprint density at radius 3 is 2.41 bits per heavy atom. The molecule has 4 aliphatic rings. The maximum absolute atomic E-state index is 10.3. The fourth-order valence-electron chi connectivity index (χ4n) is 6.30. The van der Waals surface area contributed by atoms with Crippen LogP contribution < -0.4 is 5.73 Å². The molecule has 0 aliphatic carbocycles. The number of halogens is 1. The van der Waals surface area contributed by atoms with Crippen molar-refractivity contribution in [3.05, 3.63) is 69.3 Å². The third-order valence-electron chi connectivity index (χ3n) is 8.44. The van der Waals surface area contributed by atoms with Crippen LogP contribution in [0.3, 0.4) is 0 Å². The first-order chi connectivity index (χ1) is 21.1. The van der Waals surface area contributed by atoms with Crippen LogP contribution >= 0.6 is 22.6 Å². The number of nitrogens with zero attached hydrogens (tertiary/aromatic N) is 1. The first-order valence-corrected chi connectivity index (χ1v) is 15.9. The number of ether oxygens (including phenoxy) is 9. The van der Waals surface area contributed by atoms with Crippen LogP contribution in [0.4, 0.5) is 0 Å². The van der Waals surface area contributed by atoms with E-state index in [0.29, 0.717) is 0 Å². The van der Waals surface area contributed by atoms with E-state index in [-0.39, 0.29) is 19.6 Å². The fourth-order valence-corrected chi connectivity index (χ4v) is 6.88. The predicted molar refractivity (Wildman–Crippen MR) is 164 cm³/mol. The van der Waals surface area contributed by atoms with Crippen molar-refractivity contribution in [3.63, 3.8) is 0 Å². The summed E-state index contributed by atoms with van der Waals surface area (Å²) in [6.45, 7) is 5.94. The minimum atomic E-state index is -1.53. The number of methoxy groups -OCH3 is 1. The van der Waals surface area contributed by atoms with Gasteiger partial charge in [0.2, 0.25) is 0 Å². The lowest BCUT2D eigenvalue weighted by molar-refractivity contribution is -0.379. The molecule has 238 valence electrons. The first kappa shape index (κ1) is 32.2. The Hall–Kier alpha value is -1.74. The zero-order valence-electron chi connectivity index (χ0n) is 25.2. The highest BCUT2D eigenvalue weighted by Crippen LogP contribution is 2.41. The number of fused-ring (bicyclic) bond motifs is 2. The van der Waals surface area contributed by atoms with Crippen molar-refractivity contribution < 1.29 is 42.6 Å². The molecule has 4 saturated heterocycles. The lowest BCUT2D eigenvalue weighted by Gasteiger charge is -2.51. The smallest absolute Gasteiger partial charge is 0.264 e. The van der Waals surface area contributed by atoms with Crippen molar-refractivity contribution in [2.24, 2.45) is 5.73 Å². The second kappa shape index (κ2) is 13.2. The van der Waals surface area contributed by atoms with Gasteiger partial charge in [-0.15, -0.1) is 0 Å². The van der Waals surface area contributed by atoms with Crippen LogP contribution in [0, 0.1) is 14.9 Å². The summed E-state index contributed by atoms with van der Waals surface area (Å²) < 4.78 is 57.2. The highest BCUT2D eigenvalue weighted by molar-refractivity contribution is 14.1. The highest BCUT2D eigenvalue weighted by atomic mass is 127. The van der Waals surface area contributed by atoms with Gasteiger partial charge in [-0.25, -0.2) is 0 Å². The minimum absolute atomic E-state index is 0.0851. The molecule has 0 bridgehead atoms. The third kappa shape index (κ3) is 6.56. The molecular formula is C32H39IN2O9. The van der Waals surface area contributed by atoms with E-state index < -0.39 is 72.9 Å². The van der Waals surface area contributed by atoms with Crippen LogP contribution in [-0.4, -0.2) is 86.6 Å². The van der Waals surface area contributed by atoms with Crippen molar-refractivity contribution in [2.45, 2.75) is 107 Å². The summed E-state index contributed by atoms with van der Waals surface area (Å²) in [5.41, 5.74) is 8.84. The van der Waals surface area contributed by atoms with Crippen LogP contribution in [0.5, 0.6) is 0 Å². The summed E-state index contributed by atoms with van der Waals surface area (Å²) in [4.78, 5) is 0. The summed E-state index contributed by atoms with van der Waals surface area (Å²) in [6.07, 6.45) is -5.39. The number of nitrogens with two attached hydrogens (primary N) is 1. The van der Waals surface area contributed by atoms with Gasteiger partial charge in [-0.3, -0.25) is 0 Å². The molecular weight excluding hydrogens is 683 g/mol. The van der Waals surface area contributed by atoms with E-state index in [2.05, 4.69) is 28.7 Å². The lowest BCUT2D eigenvalue weighted by atomic mass is 9.93. The van der Waals surface area contributed by atoms with Crippen LogP contribution in [0.2, 0.25) is 0 Å². The molecule has 1 unspecified atom stereocenters. The standard InChI is InChI=1S/C32H39IN2O9/c1-18-24(27-28(29(36-4)39-18)43-31(2,3)42-27)41-30-26(37-15-19-10-6-5-7-11-19)23(35)25-22(40-30)16-38-32(17-34,44-25)14-20-12-8-9-13-21(20)33/h5-13,18,22-30H,14-16,35H2,1-4H3/t18-,22+,23-,24-,25+,26-,27+,28+,29+,30-,32?/m0/s1. The quantitative estimate of drug-likeness (QED) is 0.403. The molecule has 2 N–H and O–H groups in total. The Labute approximate surface area is 271 Å². The Balaban J connectivity index is 1.25. The molecule has 0 aromatic heterocycles. The van der Waals surface area contributed by atoms with E-state index in [1.54, 1.807) is 7.11 Å². The summed E-state index contributed by atoms with van der Waals surface area (Å²) in [6, 6.07) is 19.1. The van der Waals surface area contributed by atoms with Gasteiger partial charge in [0, 0.05) is 17.1 Å². The Bertz CT molecular complexity index is 1330. The second-order valence-corrected chi connectivity index (χ2v) is 13.2. The van der Waals surface area contributed by atoms with E-state index in [1.165, 1.54) is 0 Å². The lowest BCUT2D eigenvalue weighted by Crippen LogP contribution is -2.70. The summed E-state index contributed by atoms with van der Waals surface area (Å²) in [5, 5.41) is 10.3. The van der Waals surface area contributed by atoms with E-state index >= 15 is 0 Å². The van der Waals surface area contributed by atoms with Crippen LogP contribution in [-0.2, 0) is 55.7 Å². The molecule has 0 saturated carbocycles. The van der Waals surface area contributed by atoms with Gasteiger partial charge >= 0.3 is 0 Å². The molecule has 4 aliphatic heterocycles. The average Bonchev–Trinajstić information content (AvgIpc) is 3.35. The van der Waals surface area contributed by atoms with Gasteiger partial charge in [0.1, 0.15) is 42.7 Å². The predicted octanol–water partition coefficient (Wildman–Crippen LogP) is 3.40. The molecule has 0 amide bonds. The van der Waals surface area contributed by atoms with Gasteiger partial charge < -0.3 is 48.4 Å². The molecule has 11 nitrogen and oxygen atoms in total. The van der Waals surface area contributed by atoms with Gasteiger partial charge in [-0.05, 0) is 60.6 Å². The van der Waals surface area contributed by atoms with Crippen molar-refractivity contribution in [3.8, 4) is 6.07 Å². The normalized spacial score (nSPS) is 39.7. The van der Waals surface area contributed by atoms with Crippen molar-refractivity contribution in [1.82, 2.24) is 0 Å². The largest absolute Gasteiger partial charge is 0.367 e. The van der Waals surface area contributed by atoms with Crippen LogP contribution in [0.1, 0.15) is 31.9 Å². The first-order valence-electron chi connectivity index (χ1n) is 14.8. The average molecular weight is 723 g/mol. The number of hydrogen-bond acceptors (Lipinski definition) is 11. The van der Waals surface area contributed by atoms with Crippen molar-refractivity contribution in [2.75, 3.05) is 13.7 Å². The SMILES string of the molecule is CO[C@@H]1O[C@@H](C)[C@H](O[C@@H]2O[C@@H]3COC(C#N)(Cc4ccccc4I)O[C@H]3[C@H](N)[C@@H]2OCc2ccccc2)[C@H]2OC(C)(C)O[C@@H]12. The summed E-state index contributed by atoms with van der Waals surface area (Å²) >= 11 is 2.24. The molecule has 0 spiro atoms. The van der Waals surface area contributed by atoms with Gasteiger partial charge in [-0.1, -0.05) is 48.5 Å². The second-order valence-electron chi connectivity index (χ2n) is 12.0. The highest BCUT2D eigenvalue weighted by Gasteiger charge is 2.58. The summed E-state index contributed by atoms with van der Waals surface area (Å²) in [7, 11) is 1.57. The van der Waals surface area contributed by atoms with E-state index in [9.17, 15) is 5.26 Å². The Morgan fingerprint density at radius 1 is 0.955 bits per heavy atom. The third-order valence-corrected chi connectivity index (χ3v) is 9.49. The van der Waals surface area contributed by atoms with Crippen LogP contribution in [0.25, 0.3) is 0 Å². The molecule has 4 heterocycles. The van der Waals surface area contributed by atoms with Crippen LogP contribution in [0.15, 0.2) is 54.6 Å². The van der Waals surface area contributed by atoms with E-state index in [0.717, 1.165) is 14.7 Å². The van der Waals surface area contributed by atoms with E-state index in [4.69, 9.17) is 48.4 Å². The topological polar surface area (TPSA) is 133 Å². The number of benzene rings is 2. The Morgan fingerprint density at radius 2 is 1.68 bits per heavy atom. The minimum Gasteiger partial charge on any atom is -0.367 e. The molecule has 12 heteroatoms. The molecule has 2 aromatic carbocycles. The number of nitriles is 1. The van der Waals surface area contributed by atoms with Crippen molar-refractivity contribution in [1.29, 1.82) is 5.26 Å². The maximum atomic E-state index is 10.3. The molecule has 0 radical (unpaired) electrons. The zero-order chi connectivity index (χ0) is 31.1. The molecule has 4 fully saturated rings. The molecule has 11 atom stereocenters. The van der Waals surface area contributed by atoms with Gasteiger partial charge in [0.05, 0.1) is 25.4 Å². The summed E-state index contributed by atoms with van der Waals surface area (Å²) in [5.74, 6) is -2.39. The molecule has 44 heavy (non-hydrogen) atoms. The number of rotatable bonds is 8. The molecule has 6 rings (SSSR count). The molecule has 2 aromatic rings. The van der Waals surface area contributed by atoms with Gasteiger partial charge in [0.15, 0.2) is 18.4 Å².